The average Bonchev–Trinajstić information content (AvgIpc) is 3.15. The van der Waals surface area contributed by atoms with Crippen LogP contribution in [0.5, 0.6) is 5.75 Å². The predicted molar refractivity (Wildman–Crippen MR) is 206 cm³/mol. The van der Waals surface area contributed by atoms with Crippen molar-refractivity contribution in [3.63, 3.8) is 0 Å². The summed E-state index contributed by atoms with van der Waals surface area (Å²) in [6.45, 7) is 13.9. The topological polar surface area (TPSA) is 182 Å². The van der Waals surface area contributed by atoms with Crippen molar-refractivity contribution in [2.24, 2.45) is 5.73 Å². The van der Waals surface area contributed by atoms with Crippen molar-refractivity contribution in [1.29, 1.82) is 0 Å². The number of benzene rings is 2. The van der Waals surface area contributed by atoms with Crippen LogP contribution in [0.1, 0.15) is 45.2 Å². The second-order valence-electron chi connectivity index (χ2n) is 12.3. The number of carbonyl (C=O) groups excluding carboxylic acids is 1. The van der Waals surface area contributed by atoms with E-state index in [9.17, 15) is 22.0 Å². The number of hydrogen-bond acceptors (Lipinski definition) is 12. The van der Waals surface area contributed by atoms with Gasteiger partial charge >= 0.3 is 0 Å². The average molecular weight is 790 g/mol. The van der Waals surface area contributed by atoms with Crippen LogP contribution in [0.25, 0.3) is 5.57 Å². The second-order valence-corrected chi connectivity index (χ2v) is 15.0. The maximum atomic E-state index is 13.3. The van der Waals surface area contributed by atoms with E-state index >= 15 is 0 Å². The molecule has 1 heterocycles. The predicted octanol–water partition coefficient (Wildman–Crippen LogP) is 3.35. The first kappa shape index (κ1) is 43.3. The zero-order valence-electron chi connectivity index (χ0n) is 31.5. The summed E-state index contributed by atoms with van der Waals surface area (Å²) in [4.78, 5) is 14.8. The number of amides is 1. The van der Waals surface area contributed by atoms with Crippen molar-refractivity contribution in [3.8, 4) is 5.75 Å². The normalized spacial score (nSPS) is 15.8. The molecule has 0 saturated heterocycles. The van der Waals surface area contributed by atoms with Gasteiger partial charge in [0.05, 0.1) is 63.8 Å². The second kappa shape index (κ2) is 21.6. The summed E-state index contributed by atoms with van der Waals surface area (Å²) in [7, 11) is -4.07. The van der Waals surface area contributed by atoms with E-state index in [1.165, 1.54) is 12.1 Å². The molecule has 4 rings (SSSR count). The monoisotopic (exact) mass is 789 g/mol. The van der Waals surface area contributed by atoms with Gasteiger partial charge in [0.15, 0.2) is 0 Å². The molecule has 0 fully saturated rings. The molecule has 3 N–H and O–H groups in total. The van der Waals surface area contributed by atoms with Crippen molar-refractivity contribution in [2.45, 2.75) is 49.9 Å². The smallest absolute Gasteiger partial charge is 0.240 e. The lowest BCUT2D eigenvalue weighted by atomic mass is 9.86. The third-order valence-corrected chi connectivity index (χ3v) is 11.1. The first-order valence-corrected chi connectivity index (χ1v) is 20.9. The molecule has 2 aromatic rings. The zero-order chi connectivity index (χ0) is 39.1. The van der Waals surface area contributed by atoms with Crippen molar-refractivity contribution in [1.82, 2.24) is 9.62 Å². The first-order chi connectivity index (χ1) is 26.0. The van der Waals surface area contributed by atoms with Gasteiger partial charge < -0.3 is 38.9 Å². The number of nitrogens with zero attached hydrogens (tertiary/aromatic N) is 2. The molecule has 298 valence electrons. The highest BCUT2D eigenvalue weighted by Crippen LogP contribution is 2.46. The van der Waals surface area contributed by atoms with Crippen LogP contribution in [0, 0.1) is 0 Å². The largest absolute Gasteiger partial charge is 0.768 e. The van der Waals surface area contributed by atoms with E-state index in [4.69, 9.17) is 29.4 Å². The highest BCUT2D eigenvalue weighted by molar-refractivity contribution is 7.89. The van der Waals surface area contributed by atoms with Crippen LogP contribution in [-0.2, 0) is 44.8 Å². The quantitative estimate of drug-likeness (QED) is 0.111. The van der Waals surface area contributed by atoms with Crippen molar-refractivity contribution in [3.05, 3.63) is 77.1 Å². The Hall–Kier alpha value is -3.45. The molecule has 0 radical (unpaired) electrons. The number of sulfonamides is 1. The van der Waals surface area contributed by atoms with Gasteiger partial charge in [0.2, 0.25) is 15.9 Å². The van der Waals surface area contributed by atoms with Crippen LogP contribution < -0.4 is 20.1 Å². The van der Waals surface area contributed by atoms with Crippen LogP contribution in [0.4, 0.5) is 5.69 Å². The number of primary amides is 1. The number of ether oxygens (including phenoxy) is 5. The number of nitrogens with one attached hydrogen (secondary N) is 1. The maximum absolute atomic E-state index is 13.3. The molecule has 0 bridgehead atoms. The minimum Gasteiger partial charge on any atom is -0.768 e. The Kier molecular flexibility index (Phi) is 17.3. The summed E-state index contributed by atoms with van der Waals surface area (Å²) >= 11 is -2.77. The number of anilines is 1. The molecule has 0 aromatic heterocycles. The molecule has 0 spiro atoms. The highest BCUT2D eigenvalue weighted by atomic mass is 32.2. The fraction of sp³-hybridized carbons (Fsp3) is 0.500. The fourth-order valence-electron chi connectivity index (χ4n) is 6.17. The molecule has 2 aliphatic rings. The van der Waals surface area contributed by atoms with Gasteiger partial charge in [0.1, 0.15) is 11.5 Å². The summed E-state index contributed by atoms with van der Waals surface area (Å²) in [5.74, 6) is 0.799. The Balaban J connectivity index is 1.43. The van der Waals surface area contributed by atoms with Gasteiger partial charge in [-0.1, -0.05) is 32.1 Å². The minimum atomic E-state index is -4.07. The van der Waals surface area contributed by atoms with Gasteiger partial charge in [0, 0.05) is 59.4 Å². The SMILES string of the molecule is CCN(CC)c1ccc2c(c1)OC1=CC(N(CC)CC)C=CC1=C2c1ccc(S(=O)(=O)NCCOCCOCCOCCOCCC(N)=O)cc1S(=O)[O-]. The number of nitrogens with two attached hydrogens (primary N) is 1. The Labute approximate surface area is 321 Å². The molecule has 2 atom stereocenters. The highest BCUT2D eigenvalue weighted by Gasteiger charge is 2.30. The number of likely N-dealkylation sites (N-methyl/N-ethyl adjacent to an activating group) is 1. The molecule has 14 nitrogen and oxygen atoms in total. The van der Waals surface area contributed by atoms with Gasteiger partial charge in [-0.3, -0.25) is 13.9 Å². The van der Waals surface area contributed by atoms with Gasteiger partial charge in [0.25, 0.3) is 0 Å². The number of hydrogen-bond donors (Lipinski definition) is 2. The van der Waals surface area contributed by atoms with Crippen LogP contribution in [0.3, 0.4) is 0 Å². The maximum Gasteiger partial charge on any atom is 0.240 e. The standard InChI is InChI=1S/C38H54N4O10S2/c1-5-41(6-2)28-9-12-31-34(25-28)52-35-26-29(42(7-3)8-4)10-13-32(35)38(31)33-14-11-30(27-36(33)53(44)45)54(46,47)40-16-18-49-20-22-51-24-23-50-21-19-48-17-15-37(39)43/h9-14,25-28,40H,5-8,15-24H2,1-4H3,(H2,39,43)(H,44,45)/p-1. The van der Waals surface area contributed by atoms with E-state index in [-0.39, 0.29) is 55.2 Å². The third-order valence-electron chi connectivity index (χ3n) is 8.99. The molecule has 2 aromatic carbocycles. The number of rotatable bonds is 25. The lowest BCUT2D eigenvalue weighted by Gasteiger charge is -2.33. The van der Waals surface area contributed by atoms with E-state index in [1.807, 2.05) is 30.4 Å². The van der Waals surface area contributed by atoms with E-state index in [1.54, 1.807) is 6.07 Å². The Morgan fingerprint density at radius 2 is 1.48 bits per heavy atom. The van der Waals surface area contributed by atoms with E-state index in [0.717, 1.165) is 37.4 Å². The van der Waals surface area contributed by atoms with Gasteiger partial charge in [-0.15, -0.1) is 0 Å². The van der Waals surface area contributed by atoms with Crippen LogP contribution in [0.2, 0.25) is 0 Å². The summed E-state index contributed by atoms with van der Waals surface area (Å²) in [5.41, 5.74) is 8.47. The minimum absolute atomic E-state index is 0.00525. The molecule has 1 amide bonds. The van der Waals surface area contributed by atoms with Gasteiger partial charge in [-0.05, 0) is 73.9 Å². The molecular formula is C38H53N4O10S2-. The summed E-state index contributed by atoms with van der Waals surface area (Å²) in [6.07, 6.45) is 6.25. The lowest BCUT2D eigenvalue weighted by Crippen LogP contribution is -2.34. The molecule has 54 heavy (non-hydrogen) atoms. The van der Waals surface area contributed by atoms with Crippen molar-refractivity contribution >= 4 is 38.3 Å². The summed E-state index contributed by atoms with van der Waals surface area (Å²) < 4.78 is 82.7. The van der Waals surface area contributed by atoms with Crippen molar-refractivity contribution in [2.75, 3.05) is 90.5 Å². The first-order valence-electron chi connectivity index (χ1n) is 18.3. The van der Waals surface area contributed by atoms with E-state index in [2.05, 4.69) is 48.3 Å². The molecule has 1 aliphatic carbocycles. The van der Waals surface area contributed by atoms with Crippen LogP contribution >= 0.6 is 0 Å². The van der Waals surface area contributed by atoms with E-state index < -0.39 is 27.0 Å². The molecule has 0 saturated carbocycles. The lowest BCUT2D eigenvalue weighted by molar-refractivity contribution is -0.119. The molecule has 1 aliphatic heterocycles. The summed E-state index contributed by atoms with van der Waals surface area (Å²) in [6, 6.07) is 10.0. The summed E-state index contributed by atoms with van der Waals surface area (Å²) in [5, 5.41) is 0. The van der Waals surface area contributed by atoms with Crippen LogP contribution in [-0.4, -0.2) is 120 Å². The molecule has 2 unspecified atom stereocenters. The Bertz CT molecular complexity index is 1790. The van der Waals surface area contributed by atoms with Gasteiger partial charge in [-0.2, -0.15) is 0 Å². The number of fused-ring (bicyclic) bond motifs is 2. The fourth-order valence-corrected chi connectivity index (χ4v) is 7.85. The van der Waals surface area contributed by atoms with Gasteiger partial charge in [-0.25, -0.2) is 13.1 Å². The van der Waals surface area contributed by atoms with Crippen molar-refractivity contribution < 1.29 is 45.7 Å². The third kappa shape index (κ3) is 11.8. The molecular weight excluding hydrogens is 737 g/mol. The Morgan fingerprint density at radius 1 is 0.870 bits per heavy atom. The van der Waals surface area contributed by atoms with E-state index in [0.29, 0.717) is 54.6 Å². The van der Waals surface area contributed by atoms with Crippen LogP contribution in [0.15, 0.2) is 75.7 Å². The number of allylic oxidation sites excluding steroid dienone is 1. The Morgan fingerprint density at radius 3 is 2.07 bits per heavy atom. The molecule has 16 heteroatoms. The number of carbonyl (C=O) groups is 1. The zero-order valence-corrected chi connectivity index (χ0v) is 33.2.